The first-order valence-corrected chi connectivity index (χ1v) is 7.13. The van der Waals surface area contributed by atoms with E-state index in [0.29, 0.717) is 13.2 Å². The first-order chi connectivity index (χ1) is 10.8. The molecule has 0 atom stereocenters. The maximum atomic E-state index is 11.2. The summed E-state index contributed by atoms with van der Waals surface area (Å²) in [5, 5.41) is 5.59. The Morgan fingerprint density at radius 2 is 1.64 bits per heavy atom. The number of para-hydroxylation sites is 1. The molecule has 5 nitrogen and oxygen atoms in total. The summed E-state index contributed by atoms with van der Waals surface area (Å²) in [5.74, 6) is 1.49. The summed E-state index contributed by atoms with van der Waals surface area (Å²) in [6.07, 6.45) is 0. The van der Waals surface area contributed by atoms with Crippen molar-refractivity contribution in [1.29, 1.82) is 0 Å². The Kier molecular flexibility index (Phi) is 6.11. The van der Waals surface area contributed by atoms with Gasteiger partial charge in [-0.3, -0.25) is 4.79 Å². The van der Waals surface area contributed by atoms with Gasteiger partial charge in [0.25, 0.3) is 0 Å². The second-order valence-electron chi connectivity index (χ2n) is 4.56. The van der Waals surface area contributed by atoms with Crippen molar-refractivity contribution in [3.05, 3.63) is 54.6 Å². The summed E-state index contributed by atoms with van der Waals surface area (Å²) in [6, 6.07) is 17.1. The molecule has 2 N–H and O–H groups in total. The van der Waals surface area contributed by atoms with E-state index in [1.165, 1.54) is 0 Å². The number of carbonyl (C=O) groups is 1. The summed E-state index contributed by atoms with van der Waals surface area (Å²) in [5.41, 5.74) is 0.838. The molecule has 0 aromatic heterocycles. The average Bonchev–Trinajstić information content (AvgIpc) is 2.58. The number of rotatable bonds is 8. The lowest BCUT2D eigenvalue weighted by Crippen LogP contribution is -2.26. The van der Waals surface area contributed by atoms with Gasteiger partial charge in [0.2, 0.25) is 5.91 Å². The Morgan fingerprint density at radius 3 is 2.36 bits per heavy atom. The van der Waals surface area contributed by atoms with Crippen LogP contribution < -0.4 is 20.1 Å². The number of benzene rings is 2. The molecule has 0 fully saturated rings. The molecule has 0 aliphatic rings. The molecule has 5 heteroatoms. The van der Waals surface area contributed by atoms with E-state index >= 15 is 0 Å². The van der Waals surface area contributed by atoms with E-state index in [0.717, 1.165) is 17.2 Å². The van der Waals surface area contributed by atoms with Gasteiger partial charge in [-0.25, -0.2) is 0 Å². The molecule has 2 rings (SSSR count). The Labute approximate surface area is 130 Å². The van der Waals surface area contributed by atoms with Crippen LogP contribution in [-0.4, -0.2) is 32.7 Å². The van der Waals surface area contributed by atoms with Crippen molar-refractivity contribution in [3.63, 3.8) is 0 Å². The lowest BCUT2D eigenvalue weighted by atomic mass is 10.3. The molecule has 0 aliphatic carbocycles. The van der Waals surface area contributed by atoms with Crippen molar-refractivity contribution in [2.24, 2.45) is 0 Å². The smallest absolute Gasteiger partial charge is 0.239 e. The lowest BCUT2D eigenvalue weighted by Gasteiger charge is -2.10. The molecule has 1 amide bonds. The Morgan fingerprint density at radius 1 is 0.955 bits per heavy atom. The van der Waals surface area contributed by atoms with Gasteiger partial charge in [-0.05, 0) is 24.3 Å². The van der Waals surface area contributed by atoms with E-state index in [-0.39, 0.29) is 12.5 Å². The van der Waals surface area contributed by atoms with Gasteiger partial charge in [-0.15, -0.1) is 0 Å². The number of carbonyl (C=O) groups excluding carboxylic acids is 1. The van der Waals surface area contributed by atoms with Crippen molar-refractivity contribution in [1.82, 2.24) is 5.32 Å². The van der Waals surface area contributed by atoms with E-state index in [1.54, 1.807) is 7.05 Å². The highest BCUT2D eigenvalue weighted by molar-refractivity contribution is 5.80. The van der Waals surface area contributed by atoms with Gasteiger partial charge in [0.15, 0.2) is 0 Å². The summed E-state index contributed by atoms with van der Waals surface area (Å²) in [6.45, 7) is 1.16. The molecular weight excluding hydrogens is 280 g/mol. The van der Waals surface area contributed by atoms with E-state index in [9.17, 15) is 4.79 Å². The largest absolute Gasteiger partial charge is 0.490 e. The van der Waals surface area contributed by atoms with Crippen LogP contribution >= 0.6 is 0 Å². The van der Waals surface area contributed by atoms with Crippen LogP contribution in [0.15, 0.2) is 54.6 Å². The molecular formula is C17H20N2O3. The van der Waals surface area contributed by atoms with Crippen molar-refractivity contribution in [2.75, 3.05) is 32.1 Å². The number of ether oxygens (including phenoxy) is 2. The highest BCUT2D eigenvalue weighted by atomic mass is 16.5. The molecule has 0 spiro atoms. The van der Waals surface area contributed by atoms with Gasteiger partial charge in [0.1, 0.15) is 24.7 Å². The molecule has 0 saturated carbocycles. The van der Waals surface area contributed by atoms with Crippen LogP contribution in [0.25, 0.3) is 0 Å². The normalized spacial score (nSPS) is 9.86. The number of nitrogens with one attached hydrogen (secondary N) is 2. The average molecular weight is 300 g/mol. The molecule has 116 valence electrons. The molecule has 2 aromatic rings. The minimum absolute atomic E-state index is 0.0671. The number of hydrogen-bond donors (Lipinski definition) is 2. The van der Waals surface area contributed by atoms with Crippen molar-refractivity contribution in [2.45, 2.75) is 0 Å². The van der Waals surface area contributed by atoms with Gasteiger partial charge in [0.05, 0.1) is 6.54 Å². The summed E-state index contributed by atoms with van der Waals surface area (Å²) in [4.78, 5) is 11.2. The lowest BCUT2D eigenvalue weighted by molar-refractivity contribution is -0.118. The molecule has 0 unspecified atom stereocenters. The maximum absolute atomic E-state index is 11.2. The monoisotopic (exact) mass is 300 g/mol. The second-order valence-corrected chi connectivity index (χ2v) is 4.56. The Bertz CT molecular complexity index is 587. The number of likely N-dealkylation sites (N-methyl/N-ethyl adjacent to an activating group) is 1. The Hall–Kier alpha value is -2.69. The zero-order valence-corrected chi connectivity index (χ0v) is 12.5. The molecule has 0 saturated heterocycles. The van der Waals surface area contributed by atoms with Crippen LogP contribution in [0.1, 0.15) is 0 Å². The predicted octanol–water partition coefficient (Wildman–Crippen LogP) is 2.30. The van der Waals surface area contributed by atoms with Gasteiger partial charge in [-0.2, -0.15) is 0 Å². The summed E-state index contributed by atoms with van der Waals surface area (Å²) in [7, 11) is 1.61. The van der Waals surface area contributed by atoms with Crippen LogP contribution in [0.2, 0.25) is 0 Å². The topological polar surface area (TPSA) is 59.6 Å². The van der Waals surface area contributed by atoms with Crippen LogP contribution in [0.5, 0.6) is 11.5 Å². The van der Waals surface area contributed by atoms with Gasteiger partial charge >= 0.3 is 0 Å². The number of hydrogen-bond acceptors (Lipinski definition) is 4. The third kappa shape index (κ3) is 5.36. The fourth-order valence-corrected chi connectivity index (χ4v) is 1.80. The fraction of sp³-hybridized carbons (Fsp3) is 0.235. The Balaban J connectivity index is 1.74. The zero-order valence-electron chi connectivity index (χ0n) is 12.5. The standard InChI is InChI=1S/C17H20N2O3/c1-18-17(20)13-19-14-6-5-9-16(12-14)22-11-10-21-15-7-3-2-4-8-15/h2-9,12,19H,10-11,13H2,1H3,(H,18,20). The summed E-state index contributed by atoms with van der Waals surface area (Å²) < 4.78 is 11.2. The zero-order chi connectivity index (χ0) is 15.6. The van der Waals surface area contributed by atoms with Crippen LogP contribution in [0, 0.1) is 0 Å². The van der Waals surface area contributed by atoms with Crippen LogP contribution in [0.3, 0.4) is 0 Å². The first kappa shape index (κ1) is 15.7. The van der Waals surface area contributed by atoms with Crippen molar-refractivity contribution in [3.8, 4) is 11.5 Å². The van der Waals surface area contributed by atoms with Gasteiger partial charge in [-0.1, -0.05) is 24.3 Å². The SMILES string of the molecule is CNC(=O)CNc1cccc(OCCOc2ccccc2)c1. The quantitative estimate of drug-likeness (QED) is 0.735. The highest BCUT2D eigenvalue weighted by Gasteiger charge is 2.00. The fourth-order valence-electron chi connectivity index (χ4n) is 1.80. The van der Waals surface area contributed by atoms with Crippen LogP contribution in [0.4, 0.5) is 5.69 Å². The molecule has 2 aromatic carbocycles. The minimum Gasteiger partial charge on any atom is -0.490 e. The van der Waals surface area contributed by atoms with E-state index in [2.05, 4.69) is 10.6 Å². The van der Waals surface area contributed by atoms with E-state index < -0.39 is 0 Å². The van der Waals surface area contributed by atoms with Gasteiger partial charge in [0, 0.05) is 18.8 Å². The molecule has 0 radical (unpaired) electrons. The molecule has 0 heterocycles. The van der Waals surface area contributed by atoms with Crippen LogP contribution in [-0.2, 0) is 4.79 Å². The molecule has 0 aliphatic heterocycles. The third-order valence-corrected chi connectivity index (χ3v) is 2.93. The van der Waals surface area contributed by atoms with E-state index in [4.69, 9.17) is 9.47 Å². The van der Waals surface area contributed by atoms with Gasteiger partial charge < -0.3 is 20.1 Å². The maximum Gasteiger partial charge on any atom is 0.239 e. The number of anilines is 1. The molecule has 0 bridgehead atoms. The minimum atomic E-state index is -0.0671. The first-order valence-electron chi connectivity index (χ1n) is 7.13. The van der Waals surface area contributed by atoms with E-state index in [1.807, 2.05) is 54.6 Å². The number of amides is 1. The second kappa shape index (κ2) is 8.56. The predicted molar refractivity (Wildman–Crippen MR) is 86.4 cm³/mol. The third-order valence-electron chi connectivity index (χ3n) is 2.93. The van der Waals surface area contributed by atoms with Crippen molar-refractivity contribution >= 4 is 11.6 Å². The summed E-state index contributed by atoms with van der Waals surface area (Å²) >= 11 is 0. The van der Waals surface area contributed by atoms with Crippen molar-refractivity contribution < 1.29 is 14.3 Å². The molecule has 22 heavy (non-hydrogen) atoms. The highest BCUT2D eigenvalue weighted by Crippen LogP contribution is 2.17.